The van der Waals surface area contributed by atoms with E-state index in [1.165, 1.54) is 108 Å². The second-order valence-electron chi connectivity index (χ2n) is 11.0. The van der Waals surface area contributed by atoms with Crippen LogP contribution in [0.2, 0.25) is 0 Å². The molecular weight excluding hydrogens is 565 g/mol. The van der Waals surface area contributed by atoms with Crippen LogP contribution in [-0.2, 0) is 9.84 Å². The summed E-state index contributed by atoms with van der Waals surface area (Å²) in [5.41, 5.74) is 0.836. The molecule has 3 rings (SSSR count). The highest BCUT2D eigenvalue weighted by atomic mass is 32.2. The van der Waals surface area contributed by atoms with Crippen molar-refractivity contribution in [2.75, 3.05) is 18.1 Å². The van der Waals surface area contributed by atoms with Crippen LogP contribution in [0.1, 0.15) is 110 Å². The van der Waals surface area contributed by atoms with Gasteiger partial charge in [-0.1, -0.05) is 133 Å². The van der Waals surface area contributed by atoms with Crippen molar-refractivity contribution in [3.63, 3.8) is 0 Å². The normalized spacial score (nSPS) is 11.6. The Morgan fingerprint density at radius 3 is 1.83 bits per heavy atom. The lowest BCUT2D eigenvalue weighted by molar-refractivity contribution is 0.304. The van der Waals surface area contributed by atoms with E-state index >= 15 is 0 Å². The fourth-order valence-corrected chi connectivity index (χ4v) is 7.48. The fourth-order valence-electron chi connectivity index (χ4n) is 4.94. The van der Waals surface area contributed by atoms with Gasteiger partial charge in [-0.05, 0) is 53.2 Å². The summed E-state index contributed by atoms with van der Waals surface area (Å²) in [6.45, 7) is 2.94. The Balaban J connectivity index is 1.20. The van der Waals surface area contributed by atoms with Crippen LogP contribution >= 0.6 is 11.8 Å². The third-order valence-electron chi connectivity index (χ3n) is 7.47. The molecule has 2 aromatic carbocycles. The third-order valence-corrected chi connectivity index (χ3v) is 10.4. The molecule has 232 valence electrons. The maximum absolute atomic E-state index is 12.8. The molecule has 0 fully saturated rings. The van der Waals surface area contributed by atoms with E-state index in [2.05, 4.69) is 22.4 Å². The number of benzene rings is 2. The summed E-state index contributed by atoms with van der Waals surface area (Å²) in [7, 11) is -3.41. The van der Waals surface area contributed by atoms with Gasteiger partial charge in [-0.3, -0.25) is 0 Å². The molecular formula is C33H50N4O3S2. The quantitative estimate of drug-likeness (QED) is 0.0735. The summed E-state index contributed by atoms with van der Waals surface area (Å²) >= 11 is 1.32. The number of ether oxygens (including phenoxy) is 1. The Hall–Kier alpha value is -2.39. The second kappa shape index (κ2) is 20.5. The summed E-state index contributed by atoms with van der Waals surface area (Å²) in [5, 5.41) is 12.3. The van der Waals surface area contributed by atoms with Crippen molar-refractivity contribution in [3.05, 3.63) is 54.6 Å². The van der Waals surface area contributed by atoms with Crippen LogP contribution in [0, 0.1) is 0 Å². The minimum atomic E-state index is -3.41. The molecule has 0 N–H and O–H groups in total. The molecule has 0 aliphatic carbocycles. The van der Waals surface area contributed by atoms with Gasteiger partial charge in [0.1, 0.15) is 5.75 Å². The lowest BCUT2D eigenvalue weighted by Crippen LogP contribution is -2.09. The van der Waals surface area contributed by atoms with E-state index in [1.54, 1.807) is 28.9 Å². The molecule has 0 saturated carbocycles. The third kappa shape index (κ3) is 13.3. The van der Waals surface area contributed by atoms with Crippen LogP contribution in [0.25, 0.3) is 5.69 Å². The molecule has 42 heavy (non-hydrogen) atoms. The lowest BCUT2D eigenvalue weighted by Gasteiger charge is -2.08. The van der Waals surface area contributed by atoms with Crippen LogP contribution in [-0.4, -0.2) is 46.7 Å². The van der Waals surface area contributed by atoms with E-state index in [1.807, 2.05) is 30.3 Å². The van der Waals surface area contributed by atoms with Crippen molar-refractivity contribution in [2.24, 2.45) is 0 Å². The molecule has 0 spiro atoms. The number of thioether (sulfide) groups is 1. The monoisotopic (exact) mass is 614 g/mol. The topological polar surface area (TPSA) is 87.0 Å². The number of rotatable bonds is 24. The van der Waals surface area contributed by atoms with Gasteiger partial charge >= 0.3 is 0 Å². The minimum Gasteiger partial charge on any atom is -0.494 e. The summed E-state index contributed by atoms with van der Waals surface area (Å²) in [6, 6.07) is 16.3. The zero-order valence-corrected chi connectivity index (χ0v) is 27.1. The molecule has 0 radical (unpaired) electrons. The van der Waals surface area contributed by atoms with E-state index < -0.39 is 9.84 Å². The second-order valence-corrected chi connectivity index (χ2v) is 14.2. The number of hydrogen-bond acceptors (Lipinski definition) is 7. The smallest absolute Gasteiger partial charge is 0.214 e. The van der Waals surface area contributed by atoms with Crippen molar-refractivity contribution in [3.8, 4) is 11.4 Å². The standard InChI is InChI=1S/C33H50N4O3S2/c1-2-3-4-5-6-7-8-9-10-11-12-13-14-15-16-20-27-40-31-23-25-32(26-24-31)42(38,39)29-28-41-33-34-35-36-37(33)30-21-18-17-19-22-30/h17-19,21-26H,2-16,20,27-29H2,1H3. The zero-order valence-electron chi connectivity index (χ0n) is 25.5. The molecule has 0 amide bonds. The molecule has 7 nitrogen and oxygen atoms in total. The van der Waals surface area contributed by atoms with Gasteiger partial charge in [0.2, 0.25) is 5.16 Å². The van der Waals surface area contributed by atoms with Crippen molar-refractivity contribution >= 4 is 21.6 Å². The minimum absolute atomic E-state index is 0.00128. The lowest BCUT2D eigenvalue weighted by atomic mass is 10.0. The average molecular weight is 615 g/mol. The highest BCUT2D eigenvalue weighted by molar-refractivity contribution is 8.00. The number of para-hydroxylation sites is 1. The summed E-state index contributed by atoms with van der Waals surface area (Å²) < 4.78 is 33.1. The van der Waals surface area contributed by atoms with Gasteiger partial charge in [0.15, 0.2) is 9.84 Å². The maximum Gasteiger partial charge on any atom is 0.214 e. The Kier molecular flexibility index (Phi) is 16.6. The number of nitrogens with zero attached hydrogens (tertiary/aromatic N) is 4. The predicted octanol–water partition coefficient (Wildman–Crippen LogP) is 8.87. The number of aromatic nitrogens is 4. The summed E-state index contributed by atoms with van der Waals surface area (Å²) in [4.78, 5) is 0.306. The van der Waals surface area contributed by atoms with Gasteiger partial charge in [-0.2, -0.15) is 4.68 Å². The van der Waals surface area contributed by atoms with Crippen LogP contribution < -0.4 is 4.74 Å². The maximum atomic E-state index is 12.8. The van der Waals surface area contributed by atoms with Crippen molar-refractivity contribution in [2.45, 2.75) is 120 Å². The first-order valence-corrected chi connectivity index (χ1v) is 18.7. The molecule has 3 aromatic rings. The van der Waals surface area contributed by atoms with E-state index in [-0.39, 0.29) is 5.75 Å². The highest BCUT2D eigenvalue weighted by Gasteiger charge is 2.16. The van der Waals surface area contributed by atoms with Gasteiger partial charge in [-0.25, -0.2) is 8.42 Å². The largest absolute Gasteiger partial charge is 0.494 e. The molecule has 0 atom stereocenters. The molecule has 0 aliphatic heterocycles. The molecule has 0 aliphatic rings. The highest BCUT2D eigenvalue weighted by Crippen LogP contribution is 2.22. The molecule has 0 bridgehead atoms. The first kappa shape index (κ1) is 34.1. The first-order chi connectivity index (χ1) is 20.6. The van der Waals surface area contributed by atoms with Gasteiger partial charge in [0.25, 0.3) is 0 Å². The predicted molar refractivity (Wildman–Crippen MR) is 173 cm³/mol. The molecule has 1 aromatic heterocycles. The van der Waals surface area contributed by atoms with Crippen LogP contribution in [0.5, 0.6) is 5.75 Å². The number of hydrogen-bond donors (Lipinski definition) is 0. The SMILES string of the molecule is CCCCCCCCCCCCCCCCCCOc1ccc(S(=O)(=O)CCSc2nnnn2-c2ccccc2)cc1. The Morgan fingerprint density at radius 2 is 1.26 bits per heavy atom. The van der Waals surface area contributed by atoms with Gasteiger partial charge in [-0.15, -0.1) is 5.10 Å². The molecule has 0 unspecified atom stereocenters. The van der Waals surface area contributed by atoms with Gasteiger partial charge < -0.3 is 4.74 Å². The first-order valence-electron chi connectivity index (χ1n) is 16.0. The van der Waals surface area contributed by atoms with E-state index in [0.717, 1.165) is 12.1 Å². The van der Waals surface area contributed by atoms with E-state index in [9.17, 15) is 8.42 Å². The summed E-state index contributed by atoms with van der Waals surface area (Å²) in [5.74, 6) is 1.07. The Labute approximate surface area is 258 Å². The number of sulfone groups is 1. The van der Waals surface area contributed by atoms with Crippen molar-refractivity contribution < 1.29 is 13.2 Å². The molecule has 1 heterocycles. The zero-order chi connectivity index (χ0) is 29.7. The fraction of sp³-hybridized carbons (Fsp3) is 0.606. The molecule has 0 saturated heterocycles. The van der Waals surface area contributed by atoms with Crippen LogP contribution in [0.3, 0.4) is 0 Å². The van der Waals surface area contributed by atoms with Crippen LogP contribution in [0.15, 0.2) is 64.6 Å². The van der Waals surface area contributed by atoms with Crippen molar-refractivity contribution in [1.82, 2.24) is 20.2 Å². The van der Waals surface area contributed by atoms with Gasteiger partial charge in [0, 0.05) is 5.75 Å². The molecule has 9 heteroatoms. The van der Waals surface area contributed by atoms with E-state index in [4.69, 9.17) is 4.74 Å². The number of unbranched alkanes of at least 4 members (excludes halogenated alkanes) is 15. The Bertz CT molecular complexity index is 1200. The Morgan fingerprint density at radius 1 is 0.714 bits per heavy atom. The number of tetrazole rings is 1. The van der Waals surface area contributed by atoms with E-state index in [0.29, 0.717) is 28.2 Å². The van der Waals surface area contributed by atoms with Crippen LogP contribution in [0.4, 0.5) is 0 Å². The average Bonchev–Trinajstić information content (AvgIpc) is 3.48. The summed E-state index contributed by atoms with van der Waals surface area (Å²) in [6.07, 6.45) is 21.5. The van der Waals surface area contributed by atoms with Gasteiger partial charge in [0.05, 0.1) is 22.9 Å². The van der Waals surface area contributed by atoms with Crippen molar-refractivity contribution in [1.29, 1.82) is 0 Å².